The summed E-state index contributed by atoms with van der Waals surface area (Å²) in [6.45, 7) is 18.7. The highest BCUT2D eigenvalue weighted by Gasteiger charge is 2.42. The molecule has 0 nitrogen and oxygen atoms in total. The second kappa shape index (κ2) is 6.40. The molecular formula is C20H31Br2P. The molecule has 2 rings (SSSR count). The van der Waals surface area contributed by atoms with Crippen molar-refractivity contribution in [3.63, 3.8) is 0 Å². The van der Waals surface area contributed by atoms with Crippen molar-refractivity contribution < 1.29 is 0 Å². The van der Waals surface area contributed by atoms with Gasteiger partial charge in [0.05, 0.1) is 0 Å². The molecule has 0 radical (unpaired) electrons. The van der Waals surface area contributed by atoms with Crippen molar-refractivity contribution in [2.45, 2.75) is 75.4 Å². The Balaban J connectivity index is 2.60. The van der Waals surface area contributed by atoms with Crippen LogP contribution < -0.4 is 5.30 Å². The number of hydrogen-bond donors (Lipinski definition) is 0. The van der Waals surface area contributed by atoms with Gasteiger partial charge in [0.15, 0.2) is 0 Å². The first-order valence-corrected chi connectivity index (χ1v) is 11.9. The van der Waals surface area contributed by atoms with E-state index in [1.165, 1.54) is 23.5 Å². The Morgan fingerprint density at radius 1 is 1.09 bits per heavy atom. The van der Waals surface area contributed by atoms with E-state index in [0.29, 0.717) is 4.83 Å². The van der Waals surface area contributed by atoms with Crippen molar-refractivity contribution >= 4 is 45.1 Å². The lowest BCUT2D eigenvalue weighted by atomic mass is 9.79. The fraction of sp³-hybridized carbons (Fsp3) is 0.700. The Bertz CT molecular complexity index is 591. The molecule has 1 aliphatic rings. The van der Waals surface area contributed by atoms with Gasteiger partial charge in [-0.05, 0) is 59.0 Å². The van der Waals surface area contributed by atoms with Gasteiger partial charge in [0.1, 0.15) is 0 Å². The van der Waals surface area contributed by atoms with Gasteiger partial charge in [-0.3, -0.25) is 0 Å². The van der Waals surface area contributed by atoms with Gasteiger partial charge in [0.2, 0.25) is 0 Å². The molecule has 1 aromatic rings. The highest BCUT2D eigenvalue weighted by molar-refractivity contribution is 9.12. The molecule has 1 saturated heterocycles. The third-order valence-electron chi connectivity index (χ3n) is 4.82. The van der Waals surface area contributed by atoms with Crippen LogP contribution in [-0.2, 0) is 10.8 Å². The van der Waals surface area contributed by atoms with E-state index >= 15 is 0 Å². The summed E-state index contributed by atoms with van der Waals surface area (Å²) in [7, 11) is -0.115. The average Bonchev–Trinajstić information content (AvgIpc) is 2.60. The van der Waals surface area contributed by atoms with Gasteiger partial charge in [0.25, 0.3) is 0 Å². The van der Waals surface area contributed by atoms with Crippen LogP contribution in [0.4, 0.5) is 0 Å². The summed E-state index contributed by atoms with van der Waals surface area (Å²) in [5, 5.41) is 1.66. The van der Waals surface area contributed by atoms with Crippen LogP contribution in [0.2, 0.25) is 0 Å². The van der Waals surface area contributed by atoms with Gasteiger partial charge in [-0.1, -0.05) is 93.5 Å². The van der Waals surface area contributed by atoms with Gasteiger partial charge in [-0.2, -0.15) is 0 Å². The van der Waals surface area contributed by atoms with Crippen LogP contribution in [0.25, 0.3) is 0 Å². The molecule has 1 heterocycles. The maximum Gasteiger partial charge on any atom is 0.0400 e. The number of alkyl halides is 2. The van der Waals surface area contributed by atoms with Gasteiger partial charge < -0.3 is 0 Å². The molecule has 1 aromatic carbocycles. The van der Waals surface area contributed by atoms with Crippen LogP contribution in [-0.4, -0.2) is 21.5 Å². The average molecular weight is 462 g/mol. The molecule has 0 spiro atoms. The topological polar surface area (TPSA) is 0 Å². The Hall–Kier alpha value is 0.610. The highest BCUT2D eigenvalue weighted by atomic mass is 79.9. The van der Waals surface area contributed by atoms with Crippen molar-refractivity contribution in [3.8, 4) is 0 Å². The zero-order valence-electron chi connectivity index (χ0n) is 15.8. The van der Waals surface area contributed by atoms with Crippen molar-refractivity contribution in [3.05, 3.63) is 28.8 Å². The van der Waals surface area contributed by atoms with Crippen molar-refractivity contribution in [1.82, 2.24) is 0 Å². The number of halogens is 2. The molecule has 0 bridgehead atoms. The summed E-state index contributed by atoms with van der Waals surface area (Å²) >= 11 is 7.87. The highest BCUT2D eigenvalue weighted by Crippen LogP contribution is 2.55. The molecule has 3 heteroatoms. The lowest BCUT2D eigenvalue weighted by molar-refractivity contribution is 0.570. The molecule has 0 saturated carbocycles. The fourth-order valence-corrected chi connectivity index (χ4v) is 9.61. The fourth-order valence-electron chi connectivity index (χ4n) is 3.29. The summed E-state index contributed by atoms with van der Waals surface area (Å²) in [5.41, 5.74) is 4.93. The smallest absolute Gasteiger partial charge is 0.0400 e. The molecule has 0 N–H and O–H groups in total. The molecule has 0 aliphatic carbocycles. The van der Waals surface area contributed by atoms with Crippen LogP contribution in [0.5, 0.6) is 0 Å². The van der Waals surface area contributed by atoms with E-state index in [-0.39, 0.29) is 23.1 Å². The van der Waals surface area contributed by atoms with E-state index in [2.05, 4.69) is 99.4 Å². The van der Waals surface area contributed by atoms with E-state index in [4.69, 9.17) is 0 Å². The Kier molecular flexibility index (Phi) is 5.55. The minimum atomic E-state index is -0.115. The van der Waals surface area contributed by atoms with Crippen molar-refractivity contribution in [1.29, 1.82) is 0 Å². The molecule has 130 valence electrons. The first-order chi connectivity index (χ1) is 10.2. The second-order valence-electron chi connectivity index (χ2n) is 9.32. The number of rotatable bonds is 1. The maximum absolute atomic E-state index is 3.96. The van der Waals surface area contributed by atoms with E-state index in [1.54, 1.807) is 10.9 Å². The first-order valence-electron chi connectivity index (χ1n) is 8.47. The summed E-state index contributed by atoms with van der Waals surface area (Å²) in [6.07, 6.45) is 2.53. The summed E-state index contributed by atoms with van der Waals surface area (Å²) in [5.74, 6) is 0. The largest absolute Gasteiger partial charge is 0.0871 e. The lowest BCUT2D eigenvalue weighted by Crippen LogP contribution is -2.27. The van der Waals surface area contributed by atoms with Gasteiger partial charge in [-0.25, -0.2) is 0 Å². The summed E-state index contributed by atoms with van der Waals surface area (Å²) in [6, 6.07) is 4.94. The van der Waals surface area contributed by atoms with Gasteiger partial charge >= 0.3 is 0 Å². The number of benzene rings is 1. The molecule has 0 amide bonds. The second-order valence-corrected chi connectivity index (χ2v) is 14.4. The zero-order chi connectivity index (χ0) is 17.8. The summed E-state index contributed by atoms with van der Waals surface area (Å²) < 4.78 is 0.225. The standard InChI is InChI=1S/C20H31Br2P/c1-13-9-14(18(2,3)4)10-15(19(5,6)7)17(13)23-11-16(21)20(8,22)12-23/h9-10,16H,11-12H2,1-8H3. The summed E-state index contributed by atoms with van der Waals surface area (Å²) in [4.78, 5) is 0.565. The van der Waals surface area contributed by atoms with E-state index < -0.39 is 0 Å². The van der Waals surface area contributed by atoms with Crippen LogP contribution in [0.15, 0.2) is 12.1 Å². The minimum absolute atomic E-state index is 0.115. The van der Waals surface area contributed by atoms with Crippen LogP contribution in [0.3, 0.4) is 0 Å². The minimum Gasteiger partial charge on any atom is -0.0871 e. The normalized spacial score (nSPS) is 29.1. The maximum atomic E-state index is 3.96. The molecule has 3 atom stereocenters. The third-order valence-corrected chi connectivity index (χ3v) is 11.6. The van der Waals surface area contributed by atoms with Gasteiger partial charge in [0, 0.05) is 9.15 Å². The van der Waals surface area contributed by atoms with E-state index in [9.17, 15) is 0 Å². The molecule has 23 heavy (non-hydrogen) atoms. The lowest BCUT2D eigenvalue weighted by Gasteiger charge is -2.31. The molecule has 0 aromatic heterocycles. The molecular weight excluding hydrogens is 431 g/mol. The van der Waals surface area contributed by atoms with Crippen molar-refractivity contribution in [2.75, 3.05) is 12.3 Å². The van der Waals surface area contributed by atoms with Gasteiger partial charge in [-0.15, -0.1) is 0 Å². The van der Waals surface area contributed by atoms with Crippen molar-refractivity contribution in [2.24, 2.45) is 0 Å². The molecule has 1 fully saturated rings. The number of hydrogen-bond acceptors (Lipinski definition) is 0. The predicted octanol–water partition coefficient (Wildman–Crippen LogP) is 6.63. The Morgan fingerprint density at radius 2 is 1.65 bits per heavy atom. The SMILES string of the molecule is Cc1cc(C(C)(C)C)cc(C(C)(C)C)c1P1CC(Br)C(C)(Br)C1. The van der Waals surface area contributed by atoms with E-state index in [0.717, 1.165) is 0 Å². The third kappa shape index (κ3) is 4.24. The van der Waals surface area contributed by atoms with Crippen LogP contribution >= 0.6 is 39.8 Å². The predicted molar refractivity (Wildman–Crippen MR) is 115 cm³/mol. The first kappa shape index (κ1) is 19.9. The van der Waals surface area contributed by atoms with E-state index in [1.807, 2.05) is 0 Å². The quantitative estimate of drug-likeness (QED) is 0.325. The number of aryl methyl sites for hydroxylation is 1. The van der Waals surface area contributed by atoms with Crippen LogP contribution in [0.1, 0.15) is 65.2 Å². The Labute approximate surface area is 161 Å². The molecule has 3 unspecified atom stereocenters. The molecule has 1 aliphatic heterocycles. The Morgan fingerprint density at radius 3 is 2.04 bits per heavy atom. The monoisotopic (exact) mass is 460 g/mol. The zero-order valence-corrected chi connectivity index (χ0v) is 19.9. The van der Waals surface area contributed by atoms with Crippen LogP contribution in [0, 0.1) is 6.92 Å².